The largest absolute Gasteiger partial charge is 0.462 e. The van der Waals surface area contributed by atoms with Crippen LogP contribution in [0.5, 0.6) is 0 Å². The van der Waals surface area contributed by atoms with Crippen LogP contribution in [-0.4, -0.2) is 24.2 Å². The minimum atomic E-state index is -0.374. The molecule has 6 heteroatoms. The third-order valence-corrected chi connectivity index (χ3v) is 4.04. The zero-order chi connectivity index (χ0) is 17.4. The van der Waals surface area contributed by atoms with Gasteiger partial charge in [0.1, 0.15) is 5.82 Å². The van der Waals surface area contributed by atoms with E-state index in [1.54, 1.807) is 36.4 Å². The number of rotatable bonds is 7. The summed E-state index contributed by atoms with van der Waals surface area (Å²) in [4.78, 5) is 24.4. The lowest BCUT2D eigenvalue weighted by molar-refractivity contribution is -0.113. The molecule has 0 saturated carbocycles. The first-order chi connectivity index (χ1) is 11.6. The molecular formula is C18H18FNO3S. The molecule has 1 N–H and O–H groups in total. The molecule has 0 spiro atoms. The summed E-state index contributed by atoms with van der Waals surface area (Å²) in [5, 5.41) is 2.75. The zero-order valence-corrected chi connectivity index (χ0v) is 14.1. The predicted molar refractivity (Wildman–Crippen MR) is 92.8 cm³/mol. The predicted octanol–water partition coefficient (Wildman–Crippen LogP) is 4.12. The second-order valence-electron chi connectivity index (χ2n) is 5.00. The van der Waals surface area contributed by atoms with Gasteiger partial charge in [-0.1, -0.05) is 6.92 Å². The molecule has 0 bridgehead atoms. The molecule has 0 atom stereocenters. The van der Waals surface area contributed by atoms with Crippen molar-refractivity contribution in [2.24, 2.45) is 0 Å². The number of carbonyl (C=O) groups excluding carboxylic acids is 2. The van der Waals surface area contributed by atoms with Crippen LogP contribution in [0.2, 0.25) is 0 Å². The highest BCUT2D eigenvalue weighted by Crippen LogP contribution is 2.18. The number of ether oxygens (including phenoxy) is 1. The van der Waals surface area contributed by atoms with Crippen LogP contribution in [0.1, 0.15) is 23.7 Å². The molecular weight excluding hydrogens is 329 g/mol. The van der Waals surface area contributed by atoms with Crippen molar-refractivity contribution in [2.75, 3.05) is 17.7 Å². The highest BCUT2D eigenvalue weighted by atomic mass is 32.2. The molecule has 0 aromatic heterocycles. The minimum absolute atomic E-state index is 0.175. The van der Waals surface area contributed by atoms with Crippen LogP contribution < -0.4 is 5.32 Å². The molecule has 0 heterocycles. The summed E-state index contributed by atoms with van der Waals surface area (Å²) in [5.41, 5.74) is 1.05. The number of thioether (sulfide) groups is 1. The Labute approximate surface area is 144 Å². The molecule has 2 aromatic carbocycles. The molecule has 0 saturated heterocycles. The lowest BCUT2D eigenvalue weighted by atomic mass is 10.2. The summed E-state index contributed by atoms with van der Waals surface area (Å²) in [6, 6.07) is 12.5. The molecule has 24 heavy (non-hydrogen) atoms. The summed E-state index contributed by atoms with van der Waals surface area (Å²) in [6.07, 6.45) is 0.769. The van der Waals surface area contributed by atoms with E-state index in [1.807, 2.05) is 6.92 Å². The Hall–Kier alpha value is -2.34. The van der Waals surface area contributed by atoms with E-state index < -0.39 is 0 Å². The molecule has 0 radical (unpaired) electrons. The number of anilines is 1. The standard InChI is InChI=1S/C18H18FNO3S/c1-2-11-23-18(22)13-3-7-15(8-4-13)20-17(21)12-24-16-9-5-14(19)6-10-16/h3-10H,2,11-12H2,1H3,(H,20,21). The summed E-state index contributed by atoms with van der Waals surface area (Å²) in [7, 11) is 0. The van der Waals surface area contributed by atoms with Gasteiger partial charge in [-0.2, -0.15) is 0 Å². The maximum Gasteiger partial charge on any atom is 0.338 e. The van der Waals surface area contributed by atoms with Gasteiger partial charge >= 0.3 is 5.97 Å². The van der Waals surface area contributed by atoms with Gasteiger partial charge in [0.25, 0.3) is 0 Å². The van der Waals surface area contributed by atoms with E-state index in [2.05, 4.69) is 5.32 Å². The van der Waals surface area contributed by atoms with Crippen molar-refractivity contribution in [3.63, 3.8) is 0 Å². The van der Waals surface area contributed by atoms with Crippen molar-refractivity contribution in [1.82, 2.24) is 0 Å². The van der Waals surface area contributed by atoms with Crippen LogP contribution in [0, 0.1) is 5.82 Å². The third-order valence-electron chi connectivity index (χ3n) is 3.03. The van der Waals surface area contributed by atoms with Crippen molar-refractivity contribution in [2.45, 2.75) is 18.2 Å². The van der Waals surface area contributed by atoms with Crippen molar-refractivity contribution in [3.8, 4) is 0 Å². The first-order valence-corrected chi connectivity index (χ1v) is 8.52. The number of hydrogen-bond donors (Lipinski definition) is 1. The Morgan fingerprint density at radius 2 is 1.75 bits per heavy atom. The van der Waals surface area contributed by atoms with E-state index in [0.29, 0.717) is 17.9 Å². The van der Waals surface area contributed by atoms with Gasteiger partial charge < -0.3 is 10.1 Å². The summed E-state index contributed by atoms with van der Waals surface area (Å²) in [6.45, 7) is 2.31. The monoisotopic (exact) mass is 347 g/mol. The highest BCUT2D eigenvalue weighted by Gasteiger charge is 2.08. The second-order valence-corrected chi connectivity index (χ2v) is 6.05. The average Bonchev–Trinajstić information content (AvgIpc) is 2.60. The van der Waals surface area contributed by atoms with E-state index in [1.165, 1.54) is 23.9 Å². The molecule has 1 amide bonds. The molecule has 2 rings (SSSR count). The fraction of sp³-hybridized carbons (Fsp3) is 0.222. The van der Waals surface area contributed by atoms with Gasteiger partial charge in [-0.3, -0.25) is 4.79 Å². The van der Waals surface area contributed by atoms with Crippen molar-refractivity contribution in [3.05, 3.63) is 59.9 Å². The number of hydrogen-bond acceptors (Lipinski definition) is 4. The number of amides is 1. The molecule has 0 aliphatic heterocycles. The van der Waals surface area contributed by atoms with E-state index in [9.17, 15) is 14.0 Å². The third kappa shape index (κ3) is 5.70. The maximum atomic E-state index is 12.8. The average molecular weight is 347 g/mol. The number of nitrogens with one attached hydrogen (secondary N) is 1. The van der Waals surface area contributed by atoms with E-state index in [0.717, 1.165) is 11.3 Å². The van der Waals surface area contributed by atoms with Crippen LogP contribution >= 0.6 is 11.8 Å². The van der Waals surface area contributed by atoms with E-state index >= 15 is 0 Å². The van der Waals surface area contributed by atoms with Crippen molar-refractivity contribution >= 4 is 29.3 Å². The first kappa shape index (κ1) is 18.0. The SMILES string of the molecule is CCCOC(=O)c1ccc(NC(=O)CSc2ccc(F)cc2)cc1. The van der Waals surface area contributed by atoms with Crippen molar-refractivity contribution in [1.29, 1.82) is 0 Å². The molecule has 0 aliphatic rings. The van der Waals surface area contributed by atoms with Gasteiger partial charge in [-0.25, -0.2) is 9.18 Å². The molecule has 0 aliphatic carbocycles. The Morgan fingerprint density at radius 3 is 2.38 bits per heavy atom. The molecule has 4 nitrogen and oxygen atoms in total. The molecule has 0 unspecified atom stereocenters. The second kappa shape index (κ2) is 9.08. The normalized spacial score (nSPS) is 10.2. The van der Waals surface area contributed by atoms with Crippen LogP contribution in [0.15, 0.2) is 53.4 Å². The Bertz CT molecular complexity index is 686. The van der Waals surface area contributed by atoms with Crippen LogP contribution in [0.25, 0.3) is 0 Å². The molecule has 2 aromatic rings. The lowest BCUT2D eigenvalue weighted by Crippen LogP contribution is -2.14. The van der Waals surface area contributed by atoms with E-state index in [-0.39, 0.29) is 23.4 Å². The van der Waals surface area contributed by atoms with Crippen LogP contribution in [-0.2, 0) is 9.53 Å². The zero-order valence-electron chi connectivity index (χ0n) is 13.3. The molecule has 0 fully saturated rings. The Morgan fingerprint density at radius 1 is 1.08 bits per heavy atom. The van der Waals surface area contributed by atoms with Crippen molar-refractivity contribution < 1.29 is 18.7 Å². The Balaban J connectivity index is 1.83. The lowest BCUT2D eigenvalue weighted by Gasteiger charge is -2.07. The molecule has 126 valence electrons. The summed E-state index contributed by atoms with van der Waals surface area (Å²) < 4.78 is 17.8. The first-order valence-electron chi connectivity index (χ1n) is 7.54. The quantitative estimate of drug-likeness (QED) is 0.604. The van der Waals surface area contributed by atoms with Gasteiger partial charge in [0, 0.05) is 10.6 Å². The summed E-state index contributed by atoms with van der Waals surface area (Å²) in [5.74, 6) is -0.639. The number of carbonyl (C=O) groups is 2. The fourth-order valence-corrected chi connectivity index (χ4v) is 2.54. The number of esters is 1. The summed E-state index contributed by atoms with van der Waals surface area (Å²) >= 11 is 1.32. The number of halogens is 1. The smallest absolute Gasteiger partial charge is 0.338 e. The van der Waals surface area contributed by atoms with Crippen LogP contribution in [0.4, 0.5) is 10.1 Å². The highest BCUT2D eigenvalue weighted by molar-refractivity contribution is 8.00. The van der Waals surface area contributed by atoms with Gasteiger partial charge in [0.15, 0.2) is 0 Å². The van der Waals surface area contributed by atoms with Crippen LogP contribution in [0.3, 0.4) is 0 Å². The van der Waals surface area contributed by atoms with E-state index in [4.69, 9.17) is 4.74 Å². The van der Waals surface area contributed by atoms with Gasteiger partial charge in [-0.15, -0.1) is 11.8 Å². The minimum Gasteiger partial charge on any atom is -0.462 e. The maximum absolute atomic E-state index is 12.8. The Kier molecular flexibility index (Phi) is 6.81. The van der Waals surface area contributed by atoms with Gasteiger partial charge in [0.05, 0.1) is 17.9 Å². The topological polar surface area (TPSA) is 55.4 Å². The number of benzene rings is 2. The van der Waals surface area contributed by atoms with Gasteiger partial charge in [-0.05, 0) is 55.0 Å². The van der Waals surface area contributed by atoms with Gasteiger partial charge in [0.2, 0.25) is 5.91 Å². The fourth-order valence-electron chi connectivity index (χ4n) is 1.84.